The van der Waals surface area contributed by atoms with Crippen molar-refractivity contribution in [3.63, 3.8) is 0 Å². The summed E-state index contributed by atoms with van der Waals surface area (Å²) < 4.78 is 2.55. The van der Waals surface area contributed by atoms with Crippen LogP contribution in [0.15, 0.2) is 22.7 Å². The third-order valence-electron chi connectivity index (χ3n) is 2.89. The number of benzene rings is 1. The lowest BCUT2D eigenvalue weighted by atomic mass is 10.0. The standard InChI is InChI=1S/C12H15BrIN/c13-11-6-5-9(14)8-10(11)12-4-2-1-3-7-15-12/h5-6,8,12,15H,1-4,7H2. The van der Waals surface area contributed by atoms with E-state index in [1.165, 1.54) is 39.3 Å². The van der Waals surface area contributed by atoms with E-state index in [4.69, 9.17) is 0 Å². The number of hydrogen-bond donors (Lipinski definition) is 1. The maximum Gasteiger partial charge on any atom is 0.0331 e. The summed E-state index contributed by atoms with van der Waals surface area (Å²) in [5, 5.41) is 3.63. The summed E-state index contributed by atoms with van der Waals surface area (Å²) in [6, 6.07) is 7.12. The first kappa shape index (κ1) is 11.9. The van der Waals surface area contributed by atoms with Crippen LogP contribution in [0, 0.1) is 3.57 Å². The normalized spacial score (nSPS) is 22.4. The summed E-state index contributed by atoms with van der Waals surface area (Å²) in [5.41, 5.74) is 1.42. The molecule has 0 saturated carbocycles. The molecule has 1 aromatic rings. The van der Waals surface area contributed by atoms with Crippen LogP contribution in [0.1, 0.15) is 37.3 Å². The summed E-state index contributed by atoms with van der Waals surface area (Å²) in [7, 11) is 0. The van der Waals surface area contributed by atoms with Crippen LogP contribution in [-0.4, -0.2) is 6.54 Å². The number of rotatable bonds is 1. The Morgan fingerprint density at radius 2 is 2.13 bits per heavy atom. The zero-order chi connectivity index (χ0) is 10.7. The fraction of sp³-hybridized carbons (Fsp3) is 0.500. The van der Waals surface area contributed by atoms with Gasteiger partial charge in [-0.25, -0.2) is 0 Å². The third kappa shape index (κ3) is 3.17. The van der Waals surface area contributed by atoms with Gasteiger partial charge in [-0.3, -0.25) is 0 Å². The van der Waals surface area contributed by atoms with Gasteiger partial charge in [0.25, 0.3) is 0 Å². The maximum atomic E-state index is 3.65. The van der Waals surface area contributed by atoms with Crippen LogP contribution in [0.2, 0.25) is 0 Å². The predicted octanol–water partition coefficient (Wildman–Crippen LogP) is 4.26. The first-order chi connectivity index (χ1) is 7.27. The number of nitrogens with one attached hydrogen (secondary N) is 1. The Labute approximate surface area is 113 Å². The Balaban J connectivity index is 2.22. The highest BCUT2D eigenvalue weighted by molar-refractivity contribution is 14.1. The van der Waals surface area contributed by atoms with Gasteiger partial charge in [0.2, 0.25) is 0 Å². The topological polar surface area (TPSA) is 12.0 Å². The highest BCUT2D eigenvalue weighted by Crippen LogP contribution is 2.29. The van der Waals surface area contributed by atoms with E-state index in [2.05, 4.69) is 62.0 Å². The van der Waals surface area contributed by atoms with Crippen LogP contribution >= 0.6 is 38.5 Å². The van der Waals surface area contributed by atoms with Crippen molar-refractivity contribution in [1.82, 2.24) is 5.32 Å². The molecule has 1 nitrogen and oxygen atoms in total. The molecule has 0 amide bonds. The summed E-state index contributed by atoms with van der Waals surface area (Å²) in [6.07, 6.45) is 5.29. The Morgan fingerprint density at radius 3 is 3.00 bits per heavy atom. The summed E-state index contributed by atoms with van der Waals surface area (Å²) in [6.45, 7) is 1.16. The van der Waals surface area contributed by atoms with Gasteiger partial charge in [0.1, 0.15) is 0 Å². The van der Waals surface area contributed by atoms with Gasteiger partial charge in [0.15, 0.2) is 0 Å². The zero-order valence-corrected chi connectivity index (χ0v) is 12.3. The second-order valence-corrected chi connectivity index (χ2v) is 6.12. The minimum atomic E-state index is 0.539. The Hall–Kier alpha value is 0.390. The second-order valence-electron chi connectivity index (χ2n) is 4.02. The Bertz CT molecular complexity index is 332. The largest absolute Gasteiger partial charge is 0.310 e. The molecular formula is C12H15BrIN. The first-order valence-electron chi connectivity index (χ1n) is 5.46. The van der Waals surface area contributed by atoms with E-state index in [0.29, 0.717) is 6.04 Å². The molecule has 1 heterocycles. The van der Waals surface area contributed by atoms with Gasteiger partial charge in [-0.2, -0.15) is 0 Å². The van der Waals surface area contributed by atoms with Crippen LogP contribution in [0.4, 0.5) is 0 Å². The molecule has 2 rings (SSSR count). The lowest BCUT2D eigenvalue weighted by Gasteiger charge is -2.18. The molecule has 0 aromatic heterocycles. The molecule has 0 aliphatic carbocycles. The molecule has 1 aliphatic rings. The van der Waals surface area contributed by atoms with Crippen molar-refractivity contribution < 1.29 is 0 Å². The van der Waals surface area contributed by atoms with Crippen molar-refractivity contribution in [2.75, 3.05) is 6.54 Å². The summed E-state index contributed by atoms with van der Waals surface area (Å²) in [5.74, 6) is 0. The fourth-order valence-corrected chi connectivity index (χ4v) is 3.11. The SMILES string of the molecule is Brc1ccc(I)cc1C1CCCCCN1. The smallest absolute Gasteiger partial charge is 0.0331 e. The minimum Gasteiger partial charge on any atom is -0.310 e. The van der Waals surface area contributed by atoms with E-state index in [1.807, 2.05) is 0 Å². The van der Waals surface area contributed by atoms with Crippen molar-refractivity contribution in [3.05, 3.63) is 31.8 Å². The van der Waals surface area contributed by atoms with Crippen LogP contribution in [-0.2, 0) is 0 Å². The summed E-state index contributed by atoms with van der Waals surface area (Å²) >= 11 is 6.03. The lowest BCUT2D eigenvalue weighted by molar-refractivity contribution is 0.533. The van der Waals surface area contributed by atoms with Crippen molar-refractivity contribution >= 4 is 38.5 Å². The highest BCUT2D eigenvalue weighted by Gasteiger charge is 2.16. The van der Waals surface area contributed by atoms with Gasteiger partial charge in [-0.15, -0.1) is 0 Å². The average molecular weight is 380 g/mol. The van der Waals surface area contributed by atoms with E-state index in [-0.39, 0.29) is 0 Å². The molecule has 82 valence electrons. The lowest BCUT2D eigenvalue weighted by Crippen LogP contribution is -2.20. The quantitative estimate of drug-likeness (QED) is 0.719. The van der Waals surface area contributed by atoms with E-state index in [0.717, 1.165) is 6.54 Å². The van der Waals surface area contributed by atoms with E-state index >= 15 is 0 Å². The molecule has 0 spiro atoms. The number of hydrogen-bond acceptors (Lipinski definition) is 1. The molecule has 1 atom stereocenters. The molecule has 0 radical (unpaired) electrons. The van der Waals surface area contributed by atoms with E-state index in [9.17, 15) is 0 Å². The molecule has 1 saturated heterocycles. The molecule has 1 unspecified atom stereocenters. The predicted molar refractivity (Wildman–Crippen MR) is 76.1 cm³/mol. The van der Waals surface area contributed by atoms with Crippen molar-refractivity contribution in [2.24, 2.45) is 0 Å². The van der Waals surface area contributed by atoms with E-state index < -0.39 is 0 Å². The monoisotopic (exact) mass is 379 g/mol. The molecule has 1 fully saturated rings. The maximum absolute atomic E-state index is 3.65. The molecular weight excluding hydrogens is 365 g/mol. The molecule has 15 heavy (non-hydrogen) atoms. The zero-order valence-electron chi connectivity index (χ0n) is 8.60. The second kappa shape index (κ2) is 5.64. The minimum absolute atomic E-state index is 0.539. The van der Waals surface area contributed by atoms with Gasteiger partial charge >= 0.3 is 0 Å². The van der Waals surface area contributed by atoms with Gasteiger partial charge < -0.3 is 5.32 Å². The molecule has 0 bridgehead atoms. The summed E-state index contributed by atoms with van der Waals surface area (Å²) in [4.78, 5) is 0. The van der Waals surface area contributed by atoms with Crippen LogP contribution < -0.4 is 5.32 Å². The van der Waals surface area contributed by atoms with Gasteiger partial charge in [0.05, 0.1) is 0 Å². The molecule has 3 heteroatoms. The fourth-order valence-electron chi connectivity index (χ4n) is 2.08. The van der Waals surface area contributed by atoms with Crippen LogP contribution in [0.25, 0.3) is 0 Å². The molecule has 1 aromatic carbocycles. The third-order valence-corrected chi connectivity index (χ3v) is 4.29. The van der Waals surface area contributed by atoms with Gasteiger partial charge in [0, 0.05) is 14.1 Å². The molecule has 1 N–H and O–H groups in total. The van der Waals surface area contributed by atoms with Crippen molar-refractivity contribution in [1.29, 1.82) is 0 Å². The highest BCUT2D eigenvalue weighted by atomic mass is 127. The van der Waals surface area contributed by atoms with E-state index in [1.54, 1.807) is 0 Å². The average Bonchev–Trinajstić information content (AvgIpc) is 2.50. The van der Waals surface area contributed by atoms with Gasteiger partial charge in [-0.1, -0.05) is 28.8 Å². The number of halogens is 2. The molecule has 1 aliphatic heterocycles. The van der Waals surface area contributed by atoms with Crippen LogP contribution in [0.5, 0.6) is 0 Å². The van der Waals surface area contributed by atoms with Crippen LogP contribution in [0.3, 0.4) is 0 Å². The Morgan fingerprint density at radius 1 is 1.27 bits per heavy atom. The first-order valence-corrected chi connectivity index (χ1v) is 7.33. The van der Waals surface area contributed by atoms with Crippen molar-refractivity contribution in [3.8, 4) is 0 Å². The van der Waals surface area contributed by atoms with Crippen molar-refractivity contribution in [2.45, 2.75) is 31.7 Å². The Kier molecular flexibility index (Phi) is 4.46. The van der Waals surface area contributed by atoms with Gasteiger partial charge in [-0.05, 0) is 65.7 Å².